The lowest BCUT2D eigenvalue weighted by molar-refractivity contribution is -0.136. The van der Waals surface area contributed by atoms with E-state index in [1.165, 1.54) is 0 Å². The fourth-order valence-corrected chi connectivity index (χ4v) is 4.55. The second-order valence-corrected chi connectivity index (χ2v) is 11.1. The summed E-state index contributed by atoms with van der Waals surface area (Å²) >= 11 is 0. The van der Waals surface area contributed by atoms with Crippen LogP contribution in [-0.2, 0) is 35.3 Å². The molecule has 1 aromatic rings. The van der Waals surface area contributed by atoms with E-state index < -0.39 is 59.4 Å². The highest BCUT2D eigenvalue weighted by molar-refractivity contribution is 5.98. The SMILES string of the molecule is C=CC(=O)[C@H](C[C@@H]1CCNC1=O)NC(=O)[C@H](CCC)NC(=O)[C@@H](NC(=O)OCc1ccccc1)[C@@H](C)OC(C)(C)C. The smallest absolute Gasteiger partial charge is 0.408 e. The maximum Gasteiger partial charge on any atom is 0.408 e. The Bertz CT molecular complexity index is 1070. The lowest BCUT2D eigenvalue weighted by Crippen LogP contribution is -2.59. The Balaban J connectivity index is 2.15. The summed E-state index contributed by atoms with van der Waals surface area (Å²) < 4.78 is 11.3. The number of ketones is 1. The fourth-order valence-electron chi connectivity index (χ4n) is 4.55. The highest BCUT2D eigenvalue weighted by Gasteiger charge is 2.35. The van der Waals surface area contributed by atoms with Gasteiger partial charge in [0.05, 0.1) is 17.7 Å². The van der Waals surface area contributed by atoms with Crippen LogP contribution in [0, 0.1) is 5.92 Å². The number of nitrogens with one attached hydrogen (secondary N) is 4. The third kappa shape index (κ3) is 11.3. The minimum absolute atomic E-state index is 0.00806. The first-order valence-electron chi connectivity index (χ1n) is 14.0. The summed E-state index contributed by atoms with van der Waals surface area (Å²) in [5.41, 5.74) is 0.152. The molecular weight excluding hydrogens is 528 g/mol. The van der Waals surface area contributed by atoms with Gasteiger partial charge in [0.25, 0.3) is 0 Å². The molecule has 1 saturated heterocycles. The van der Waals surface area contributed by atoms with Crippen LogP contribution < -0.4 is 21.3 Å². The number of ether oxygens (including phenoxy) is 2. The van der Waals surface area contributed by atoms with E-state index in [2.05, 4.69) is 27.8 Å². The average molecular weight is 573 g/mol. The molecule has 1 heterocycles. The van der Waals surface area contributed by atoms with Crippen LogP contribution in [0.1, 0.15) is 65.9 Å². The van der Waals surface area contributed by atoms with Gasteiger partial charge in [0.2, 0.25) is 17.7 Å². The minimum atomic E-state index is -1.18. The topological polar surface area (TPSA) is 152 Å². The summed E-state index contributed by atoms with van der Waals surface area (Å²) in [6, 6.07) is 5.95. The molecule has 4 amide bonds. The van der Waals surface area contributed by atoms with Gasteiger partial charge < -0.3 is 30.7 Å². The van der Waals surface area contributed by atoms with E-state index in [-0.39, 0.29) is 25.4 Å². The Hall–Kier alpha value is -3.73. The number of carbonyl (C=O) groups excluding carboxylic acids is 5. The first kappa shape index (κ1) is 33.5. The molecule has 1 aliphatic rings. The van der Waals surface area contributed by atoms with Crippen LogP contribution in [-0.4, -0.2) is 66.0 Å². The number of hydrogen-bond acceptors (Lipinski definition) is 7. The highest BCUT2D eigenvalue weighted by Crippen LogP contribution is 2.18. The van der Waals surface area contributed by atoms with E-state index in [1.54, 1.807) is 19.1 Å². The summed E-state index contributed by atoms with van der Waals surface area (Å²) in [7, 11) is 0. The first-order chi connectivity index (χ1) is 19.3. The standard InChI is InChI=1S/C30H44N4O7/c1-7-12-22(27(37)33-23(24(35)8-2)17-21-15-16-31-26(21)36)32-28(38)25(19(3)41-30(4,5)6)34-29(39)40-18-20-13-10-9-11-14-20/h8-11,13-14,19,21-23,25H,2,7,12,15-18H2,1,3-6H3,(H,31,36)(H,32,38)(H,33,37)(H,34,39)/t19-,21+,22+,23+,25+/m1/s1. The van der Waals surface area contributed by atoms with Gasteiger partial charge in [0.15, 0.2) is 5.78 Å². The van der Waals surface area contributed by atoms with Crippen molar-refractivity contribution < 1.29 is 33.4 Å². The molecule has 1 aromatic carbocycles. The molecule has 11 nitrogen and oxygen atoms in total. The summed E-state index contributed by atoms with van der Waals surface area (Å²) in [5.74, 6) is -2.22. The van der Waals surface area contributed by atoms with E-state index in [4.69, 9.17) is 9.47 Å². The zero-order chi connectivity index (χ0) is 30.6. The first-order valence-corrected chi connectivity index (χ1v) is 14.0. The molecule has 0 aromatic heterocycles. The van der Waals surface area contributed by atoms with Crippen LogP contribution in [0.15, 0.2) is 43.0 Å². The predicted molar refractivity (Wildman–Crippen MR) is 154 cm³/mol. The van der Waals surface area contributed by atoms with E-state index in [0.29, 0.717) is 19.4 Å². The van der Waals surface area contributed by atoms with Gasteiger partial charge in [-0.25, -0.2) is 4.79 Å². The molecule has 0 bridgehead atoms. The summed E-state index contributed by atoms with van der Waals surface area (Å²) in [5, 5.41) is 10.7. The Kier molecular flexibility index (Phi) is 13.0. The monoisotopic (exact) mass is 572 g/mol. The van der Waals surface area contributed by atoms with Crippen LogP contribution in [0.3, 0.4) is 0 Å². The molecule has 0 radical (unpaired) electrons. The van der Waals surface area contributed by atoms with E-state index >= 15 is 0 Å². The van der Waals surface area contributed by atoms with Crippen LogP contribution >= 0.6 is 0 Å². The van der Waals surface area contributed by atoms with Crippen LogP contribution in [0.5, 0.6) is 0 Å². The molecule has 1 fully saturated rings. The summed E-state index contributed by atoms with van der Waals surface area (Å²) in [4.78, 5) is 64.1. The zero-order valence-electron chi connectivity index (χ0n) is 24.7. The quantitative estimate of drug-likeness (QED) is 0.236. The molecule has 0 aliphatic carbocycles. The van der Waals surface area contributed by atoms with Crippen LogP contribution in [0.25, 0.3) is 0 Å². The molecule has 226 valence electrons. The number of rotatable bonds is 15. The number of hydrogen-bond donors (Lipinski definition) is 4. The van der Waals surface area contributed by atoms with Crippen molar-refractivity contribution in [1.29, 1.82) is 0 Å². The Labute approximate surface area is 242 Å². The van der Waals surface area contributed by atoms with Gasteiger partial charge in [-0.05, 0) is 58.6 Å². The largest absolute Gasteiger partial charge is 0.445 e. The molecule has 11 heteroatoms. The second kappa shape index (κ2) is 15.9. The second-order valence-electron chi connectivity index (χ2n) is 11.1. The fraction of sp³-hybridized carbons (Fsp3) is 0.567. The summed E-state index contributed by atoms with van der Waals surface area (Å²) in [6.07, 6.45) is 1.03. The van der Waals surface area contributed by atoms with Crippen molar-refractivity contribution >= 4 is 29.6 Å². The highest BCUT2D eigenvalue weighted by atomic mass is 16.6. The van der Waals surface area contributed by atoms with Crippen molar-refractivity contribution in [3.63, 3.8) is 0 Å². The lowest BCUT2D eigenvalue weighted by Gasteiger charge is -2.31. The number of benzene rings is 1. The Morgan fingerprint density at radius 2 is 1.73 bits per heavy atom. The predicted octanol–water partition coefficient (Wildman–Crippen LogP) is 2.54. The Morgan fingerprint density at radius 1 is 1.07 bits per heavy atom. The third-order valence-corrected chi connectivity index (χ3v) is 6.53. The van der Waals surface area contributed by atoms with Crippen molar-refractivity contribution in [1.82, 2.24) is 21.3 Å². The maximum atomic E-state index is 13.5. The molecule has 0 spiro atoms. The average Bonchev–Trinajstić information content (AvgIpc) is 3.32. The lowest BCUT2D eigenvalue weighted by atomic mass is 9.95. The third-order valence-electron chi connectivity index (χ3n) is 6.53. The van der Waals surface area contributed by atoms with Crippen molar-refractivity contribution in [3.05, 3.63) is 48.6 Å². The molecule has 0 unspecified atom stereocenters. The van der Waals surface area contributed by atoms with Gasteiger partial charge in [-0.3, -0.25) is 19.2 Å². The number of amides is 4. The Morgan fingerprint density at radius 3 is 2.29 bits per heavy atom. The van der Waals surface area contributed by atoms with Crippen LogP contribution in [0.4, 0.5) is 4.79 Å². The van der Waals surface area contributed by atoms with E-state index in [1.807, 2.05) is 45.9 Å². The van der Waals surface area contributed by atoms with Crippen LogP contribution in [0.2, 0.25) is 0 Å². The van der Waals surface area contributed by atoms with E-state index in [0.717, 1.165) is 11.6 Å². The van der Waals surface area contributed by atoms with Gasteiger partial charge in [0, 0.05) is 12.5 Å². The van der Waals surface area contributed by atoms with Gasteiger partial charge in [-0.15, -0.1) is 0 Å². The molecule has 0 saturated carbocycles. The molecule has 41 heavy (non-hydrogen) atoms. The van der Waals surface area contributed by atoms with Crippen molar-refractivity contribution in [2.45, 2.75) is 96.7 Å². The summed E-state index contributed by atoms with van der Waals surface area (Å²) in [6.45, 7) is 13.0. The van der Waals surface area contributed by atoms with Crippen molar-refractivity contribution in [3.8, 4) is 0 Å². The number of carbonyl (C=O) groups is 5. The minimum Gasteiger partial charge on any atom is -0.445 e. The normalized spacial score (nSPS) is 17.8. The van der Waals surface area contributed by atoms with Gasteiger partial charge in [-0.1, -0.05) is 50.3 Å². The molecule has 5 atom stereocenters. The molecule has 2 rings (SSSR count). The molecular formula is C30H44N4O7. The molecule has 1 aliphatic heterocycles. The van der Waals surface area contributed by atoms with Gasteiger partial charge in [0.1, 0.15) is 18.7 Å². The maximum absolute atomic E-state index is 13.5. The molecule has 4 N–H and O–H groups in total. The van der Waals surface area contributed by atoms with Crippen molar-refractivity contribution in [2.24, 2.45) is 5.92 Å². The van der Waals surface area contributed by atoms with E-state index in [9.17, 15) is 24.0 Å². The number of alkyl carbamates (subject to hydrolysis) is 1. The van der Waals surface area contributed by atoms with Gasteiger partial charge >= 0.3 is 6.09 Å². The van der Waals surface area contributed by atoms with Crippen molar-refractivity contribution in [2.75, 3.05) is 6.54 Å². The van der Waals surface area contributed by atoms with Gasteiger partial charge in [-0.2, -0.15) is 0 Å². The zero-order valence-corrected chi connectivity index (χ0v) is 24.7.